The third-order valence-corrected chi connectivity index (χ3v) is 3.24. The lowest BCUT2D eigenvalue weighted by Crippen LogP contribution is -2.37. The molecule has 9 heteroatoms. The lowest BCUT2D eigenvalue weighted by Gasteiger charge is -2.09. The molecule has 0 aliphatic heterocycles. The number of H-pyrrole nitrogens is 1. The molecule has 1 aromatic heterocycles. The maximum atomic E-state index is 11.6. The van der Waals surface area contributed by atoms with Crippen LogP contribution in [0.2, 0.25) is 0 Å². The molecule has 0 saturated carbocycles. The molecule has 0 spiro atoms. The Morgan fingerprint density at radius 3 is 2.82 bits per heavy atom. The van der Waals surface area contributed by atoms with Gasteiger partial charge < -0.3 is 14.8 Å². The Hall–Kier alpha value is -1.45. The highest BCUT2D eigenvalue weighted by Gasteiger charge is 2.21. The van der Waals surface area contributed by atoms with Crippen molar-refractivity contribution in [2.45, 2.75) is 18.1 Å². The maximum absolute atomic E-state index is 11.6. The highest BCUT2D eigenvalue weighted by atomic mass is 32.2. The van der Waals surface area contributed by atoms with E-state index < -0.39 is 28.6 Å². The van der Waals surface area contributed by atoms with Crippen molar-refractivity contribution in [3.8, 4) is 0 Å². The van der Waals surface area contributed by atoms with E-state index in [0.29, 0.717) is 5.82 Å². The molecule has 0 saturated heterocycles. The molecule has 1 rings (SSSR count). The van der Waals surface area contributed by atoms with Gasteiger partial charge in [-0.15, -0.1) is 0 Å². The van der Waals surface area contributed by atoms with Gasteiger partial charge in [0.05, 0.1) is 13.3 Å². The van der Waals surface area contributed by atoms with Gasteiger partial charge in [-0.1, -0.05) is 0 Å². The van der Waals surface area contributed by atoms with Crippen LogP contribution in [0.1, 0.15) is 5.82 Å². The van der Waals surface area contributed by atoms with Gasteiger partial charge in [0.2, 0.25) is 0 Å². The number of hydrogen-bond donors (Lipinski definition) is 3. The number of rotatable bonds is 5. The first kappa shape index (κ1) is 13.6. The zero-order chi connectivity index (χ0) is 13.1. The van der Waals surface area contributed by atoms with Crippen LogP contribution in [-0.2, 0) is 19.6 Å². The first-order valence-electron chi connectivity index (χ1n) is 4.64. The summed E-state index contributed by atoms with van der Waals surface area (Å²) in [4.78, 5) is 17.1. The fraction of sp³-hybridized carbons (Fsp3) is 0.500. The molecule has 1 aromatic rings. The lowest BCUT2D eigenvalue weighted by atomic mass is 10.4. The number of nitrogens with one attached hydrogen (secondary N) is 2. The van der Waals surface area contributed by atoms with Crippen molar-refractivity contribution >= 4 is 16.0 Å². The number of methoxy groups -OCH3 is 1. The van der Waals surface area contributed by atoms with Gasteiger partial charge in [-0.2, -0.15) is 0 Å². The number of ether oxygens (including phenoxy) is 1. The Bertz CT molecular complexity index is 495. The molecule has 0 bridgehead atoms. The highest BCUT2D eigenvalue weighted by molar-refractivity contribution is 7.89. The van der Waals surface area contributed by atoms with Crippen LogP contribution < -0.4 is 4.72 Å². The Labute approximate surface area is 98.1 Å². The van der Waals surface area contributed by atoms with Crippen molar-refractivity contribution in [3.05, 3.63) is 12.0 Å². The molecule has 3 N–H and O–H groups in total. The number of imidazole rings is 1. The van der Waals surface area contributed by atoms with Crippen LogP contribution in [0.5, 0.6) is 0 Å². The van der Waals surface area contributed by atoms with Crippen molar-refractivity contribution in [1.29, 1.82) is 0 Å². The smallest absolute Gasteiger partial charge is 0.336 e. The standard InChI is InChI=1S/C8H13N3O5S/c1-5-9-4-7(11-5)17(14,15)10-3-6(12)8(13)16-2/h4,6,10,12H,3H2,1-2H3,(H,9,11). The molecular formula is C8H13N3O5S. The van der Waals surface area contributed by atoms with Gasteiger partial charge in [0.1, 0.15) is 5.82 Å². The SMILES string of the molecule is COC(=O)C(O)CNS(=O)(=O)c1cnc(C)[nH]1. The van der Waals surface area contributed by atoms with Crippen molar-refractivity contribution < 1.29 is 23.1 Å². The van der Waals surface area contributed by atoms with Gasteiger partial charge >= 0.3 is 5.97 Å². The zero-order valence-corrected chi connectivity index (χ0v) is 10.1. The normalized spacial score (nSPS) is 13.4. The van der Waals surface area contributed by atoms with Crippen molar-refractivity contribution in [2.24, 2.45) is 0 Å². The monoisotopic (exact) mass is 263 g/mol. The van der Waals surface area contributed by atoms with Crippen LogP contribution in [0.3, 0.4) is 0 Å². The summed E-state index contributed by atoms with van der Waals surface area (Å²) in [6.07, 6.45) is -0.402. The molecule has 1 unspecified atom stereocenters. The van der Waals surface area contributed by atoms with E-state index in [1.54, 1.807) is 6.92 Å². The van der Waals surface area contributed by atoms with E-state index >= 15 is 0 Å². The van der Waals surface area contributed by atoms with Crippen LogP contribution in [0, 0.1) is 6.92 Å². The number of aromatic nitrogens is 2. The number of aliphatic hydroxyl groups excluding tert-OH is 1. The number of sulfonamides is 1. The Morgan fingerprint density at radius 1 is 1.71 bits per heavy atom. The van der Waals surface area contributed by atoms with Gasteiger partial charge in [0, 0.05) is 6.54 Å². The molecule has 8 nitrogen and oxygen atoms in total. The van der Waals surface area contributed by atoms with Crippen LogP contribution in [-0.4, -0.2) is 49.2 Å². The molecular weight excluding hydrogens is 250 g/mol. The summed E-state index contributed by atoms with van der Waals surface area (Å²) in [5, 5.41) is 9.07. The second kappa shape index (κ2) is 5.25. The molecule has 0 aromatic carbocycles. The fourth-order valence-electron chi connectivity index (χ4n) is 1.02. The second-order valence-corrected chi connectivity index (χ2v) is 4.96. The largest absolute Gasteiger partial charge is 0.467 e. The van der Waals surface area contributed by atoms with E-state index in [1.165, 1.54) is 0 Å². The van der Waals surface area contributed by atoms with E-state index in [1.807, 2.05) is 0 Å². The summed E-state index contributed by atoms with van der Waals surface area (Å²) < 4.78 is 29.5. The molecule has 17 heavy (non-hydrogen) atoms. The summed E-state index contributed by atoms with van der Waals surface area (Å²) in [5.74, 6) is -0.465. The number of esters is 1. The topological polar surface area (TPSA) is 121 Å². The second-order valence-electron chi connectivity index (χ2n) is 3.22. The average molecular weight is 263 g/mol. The third kappa shape index (κ3) is 3.51. The number of aliphatic hydroxyl groups is 1. The van der Waals surface area contributed by atoms with Crippen molar-refractivity contribution in [3.63, 3.8) is 0 Å². The predicted octanol–water partition coefficient (Wildman–Crippen LogP) is -1.47. The van der Waals surface area contributed by atoms with E-state index in [9.17, 15) is 18.3 Å². The van der Waals surface area contributed by atoms with E-state index in [4.69, 9.17) is 0 Å². The number of aryl methyl sites for hydroxylation is 1. The summed E-state index contributed by atoms with van der Waals surface area (Å²) in [6.45, 7) is 1.13. The number of carbonyl (C=O) groups excluding carboxylic acids is 1. The number of hydrogen-bond acceptors (Lipinski definition) is 6. The third-order valence-electron chi connectivity index (χ3n) is 1.91. The molecule has 0 amide bonds. The van der Waals surface area contributed by atoms with Gasteiger partial charge in [-0.3, -0.25) is 0 Å². The number of nitrogens with zero attached hydrogens (tertiary/aromatic N) is 1. The number of carbonyl (C=O) groups is 1. The van der Waals surface area contributed by atoms with Crippen LogP contribution in [0.25, 0.3) is 0 Å². The maximum Gasteiger partial charge on any atom is 0.336 e. The minimum atomic E-state index is -3.81. The summed E-state index contributed by atoms with van der Waals surface area (Å²) in [5.41, 5.74) is 0. The van der Waals surface area contributed by atoms with Crippen molar-refractivity contribution in [2.75, 3.05) is 13.7 Å². The molecule has 1 atom stereocenters. The van der Waals surface area contributed by atoms with Crippen LogP contribution in [0.4, 0.5) is 0 Å². The number of aromatic amines is 1. The Kier molecular flexibility index (Phi) is 4.21. The van der Waals surface area contributed by atoms with Gasteiger partial charge in [0.25, 0.3) is 10.0 Å². The lowest BCUT2D eigenvalue weighted by molar-refractivity contribution is -0.149. The first-order chi connectivity index (χ1) is 7.86. The summed E-state index contributed by atoms with van der Waals surface area (Å²) in [6, 6.07) is 0. The van der Waals surface area contributed by atoms with Gasteiger partial charge in [0.15, 0.2) is 11.1 Å². The predicted molar refractivity (Wildman–Crippen MR) is 56.5 cm³/mol. The van der Waals surface area contributed by atoms with Gasteiger partial charge in [-0.25, -0.2) is 22.9 Å². The molecule has 1 heterocycles. The Morgan fingerprint density at radius 2 is 2.35 bits per heavy atom. The minimum absolute atomic E-state index is 0.132. The van der Waals surface area contributed by atoms with Crippen LogP contribution in [0.15, 0.2) is 11.2 Å². The fourth-order valence-corrected chi connectivity index (χ4v) is 2.03. The van der Waals surface area contributed by atoms with Crippen LogP contribution >= 0.6 is 0 Å². The van der Waals surface area contributed by atoms with E-state index in [2.05, 4.69) is 19.4 Å². The first-order valence-corrected chi connectivity index (χ1v) is 6.12. The molecule has 0 radical (unpaired) electrons. The molecule has 0 fully saturated rings. The van der Waals surface area contributed by atoms with E-state index in [0.717, 1.165) is 13.3 Å². The molecule has 0 aliphatic rings. The quantitative estimate of drug-likeness (QED) is 0.558. The van der Waals surface area contributed by atoms with Crippen molar-refractivity contribution in [1.82, 2.24) is 14.7 Å². The van der Waals surface area contributed by atoms with Gasteiger partial charge in [-0.05, 0) is 6.92 Å². The summed E-state index contributed by atoms with van der Waals surface area (Å²) in [7, 11) is -2.72. The average Bonchev–Trinajstić information content (AvgIpc) is 2.72. The molecule has 96 valence electrons. The molecule has 0 aliphatic carbocycles. The Balaban J connectivity index is 2.66. The minimum Gasteiger partial charge on any atom is -0.467 e. The highest BCUT2D eigenvalue weighted by Crippen LogP contribution is 2.04. The zero-order valence-electron chi connectivity index (χ0n) is 9.30. The summed E-state index contributed by atoms with van der Waals surface area (Å²) >= 11 is 0. The van der Waals surface area contributed by atoms with E-state index in [-0.39, 0.29) is 5.03 Å².